The van der Waals surface area contributed by atoms with E-state index in [0.717, 1.165) is 12.0 Å². The molecule has 0 unspecified atom stereocenters. The minimum atomic E-state index is -1.41. The Labute approximate surface area is 102 Å². The molecule has 0 bridgehead atoms. The smallest absolute Gasteiger partial charge is 0.423 e. The van der Waals surface area contributed by atoms with Crippen molar-refractivity contribution in [3.8, 4) is 0 Å². The zero-order chi connectivity index (χ0) is 12.3. The molecule has 0 amide bonds. The van der Waals surface area contributed by atoms with Crippen LogP contribution in [0, 0.1) is 6.92 Å². The van der Waals surface area contributed by atoms with Crippen LogP contribution in [0.3, 0.4) is 0 Å². The van der Waals surface area contributed by atoms with Crippen molar-refractivity contribution >= 4 is 12.6 Å². The SMILES string of the molecule is Cc1ccccc1Cc1ccccc1B(O)O. The van der Waals surface area contributed by atoms with Crippen LogP contribution in [0.2, 0.25) is 0 Å². The van der Waals surface area contributed by atoms with Gasteiger partial charge in [-0.15, -0.1) is 0 Å². The van der Waals surface area contributed by atoms with Crippen LogP contribution in [-0.4, -0.2) is 17.2 Å². The zero-order valence-corrected chi connectivity index (χ0v) is 9.80. The second-order valence-corrected chi connectivity index (χ2v) is 4.18. The molecular formula is C14H15BO2. The molecule has 0 aliphatic rings. The molecule has 17 heavy (non-hydrogen) atoms. The maximum Gasteiger partial charge on any atom is 0.488 e. The standard InChI is InChI=1S/C14H15BO2/c1-11-6-2-3-7-12(11)10-13-8-4-5-9-14(13)15(16)17/h2-9,16-17H,10H2,1H3. The van der Waals surface area contributed by atoms with Crippen molar-refractivity contribution in [1.82, 2.24) is 0 Å². The summed E-state index contributed by atoms with van der Waals surface area (Å²) in [6.07, 6.45) is 0.723. The maximum absolute atomic E-state index is 9.31. The predicted octanol–water partition coefficient (Wildman–Crippen LogP) is 1.27. The molecule has 0 radical (unpaired) electrons. The molecule has 0 saturated heterocycles. The molecule has 0 aliphatic carbocycles. The van der Waals surface area contributed by atoms with Gasteiger partial charge in [-0.25, -0.2) is 0 Å². The Morgan fingerprint density at radius 1 is 0.882 bits per heavy atom. The lowest BCUT2D eigenvalue weighted by Crippen LogP contribution is -2.33. The van der Waals surface area contributed by atoms with E-state index in [1.807, 2.05) is 30.3 Å². The van der Waals surface area contributed by atoms with Gasteiger partial charge in [0, 0.05) is 0 Å². The normalized spacial score (nSPS) is 10.3. The predicted molar refractivity (Wildman–Crippen MR) is 70.3 cm³/mol. The molecule has 86 valence electrons. The summed E-state index contributed by atoms with van der Waals surface area (Å²) in [6.45, 7) is 2.06. The first-order chi connectivity index (χ1) is 8.18. The summed E-state index contributed by atoms with van der Waals surface area (Å²) >= 11 is 0. The molecule has 2 rings (SSSR count). The van der Waals surface area contributed by atoms with Gasteiger partial charge >= 0.3 is 7.12 Å². The average Bonchev–Trinajstić information content (AvgIpc) is 2.32. The molecule has 0 aliphatic heterocycles. The van der Waals surface area contributed by atoms with Crippen LogP contribution in [0.5, 0.6) is 0 Å². The fourth-order valence-electron chi connectivity index (χ4n) is 1.96. The van der Waals surface area contributed by atoms with Gasteiger partial charge in [0.15, 0.2) is 0 Å². The van der Waals surface area contributed by atoms with Gasteiger partial charge in [-0.05, 0) is 35.5 Å². The zero-order valence-electron chi connectivity index (χ0n) is 9.80. The summed E-state index contributed by atoms with van der Waals surface area (Å²) in [7, 11) is -1.41. The minimum Gasteiger partial charge on any atom is -0.423 e. The topological polar surface area (TPSA) is 40.5 Å². The molecule has 0 fully saturated rings. The van der Waals surface area contributed by atoms with Crippen LogP contribution < -0.4 is 5.46 Å². The summed E-state index contributed by atoms with van der Waals surface area (Å²) in [5.41, 5.74) is 3.96. The van der Waals surface area contributed by atoms with Gasteiger partial charge in [-0.3, -0.25) is 0 Å². The van der Waals surface area contributed by atoms with Crippen LogP contribution in [0.25, 0.3) is 0 Å². The Morgan fingerprint density at radius 3 is 2.12 bits per heavy atom. The number of benzene rings is 2. The third-order valence-corrected chi connectivity index (χ3v) is 2.98. The Morgan fingerprint density at radius 2 is 1.47 bits per heavy atom. The first-order valence-electron chi connectivity index (χ1n) is 5.67. The van der Waals surface area contributed by atoms with Gasteiger partial charge in [0.1, 0.15) is 0 Å². The lowest BCUT2D eigenvalue weighted by molar-refractivity contribution is 0.425. The van der Waals surface area contributed by atoms with Gasteiger partial charge < -0.3 is 10.0 Å². The summed E-state index contributed by atoms with van der Waals surface area (Å²) in [4.78, 5) is 0. The van der Waals surface area contributed by atoms with Crippen molar-refractivity contribution in [3.05, 3.63) is 65.2 Å². The van der Waals surface area contributed by atoms with Gasteiger partial charge in [0.25, 0.3) is 0 Å². The molecule has 2 N–H and O–H groups in total. The van der Waals surface area contributed by atoms with Crippen molar-refractivity contribution in [3.63, 3.8) is 0 Å². The van der Waals surface area contributed by atoms with Gasteiger partial charge in [0.2, 0.25) is 0 Å². The summed E-state index contributed by atoms with van der Waals surface area (Å²) < 4.78 is 0. The molecule has 0 spiro atoms. The van der Waals surface area contributed by atoms with Gasteiger partial charge in [-0.1, -0.05) is 48.5 Å². The first kappa shape index (κ1) is 11.9. The molecule has 0 atom stereocenters. The van der Waals surface area contributed by atoms with Crippen LogP contribution in [0.4, 0.5) is 0 Å². The summed E-state index contributed by atoms with van der Waals surface area (Å²) in [5.74, 6) is 0. The van der Waals surface area contributed by atoms with Crippen molar-refractivity contribution in [1.29, 1.82) is 0 Å². The second kappa shape index (κ2) is 5.17. The van der Waals surface area contributed by atoms with Crippen LogP contribution in [0.1, 0.15) is 16.7 Å². The van der Waals surface area contributed by atoms with Crippen molar-refractivity contribution in [2.24, 2.45) is 0 Å². The highest BCUT2D eigenvalue weighted by Gasteiger charge is 2.15. The highest BCUT2D eigenvalue weighted by molar-refractivity contribution is 6.59. The molecule has 2 aromatic rings. The first-order valence-corrected chi connectivity index (χ1v) is 5.67. The molecule has 0 saturated carbocycles. The minimum absolute atomic E-state index is 0.579. The fraction of sp³-hybridized carbons (Fsp3) is 0.143. The maximum atomic E-state index is 9.31. The Hall–Kier alpha value is -1.58. The van der Waals surface area contributed by atoms with Crippen LogP contribution in [0.15, 0.2) is 48.5 Å². The van der Waals surface area contributed by atoms with Crippen molar-refractivity contribution < 1.29 is 10.0 Å². The van der Waals surface area contributed by atoms with E-state index in [-0.39, 0.29) is 0 Å². The molecule has 2 aromatic carbocycles. The van der Waals surface area contributed by atoms with E-state index in [0.29, 0.717) is 5.46 Å². The van der Waals surface area contributed by atoms with Gasteiger partial charge in [-0.2, -0.15) is 0 Å². The van der Waals surface area contributed by atoms with E-state index in [1.165, 1.54) is 11.1 Å². The molecule has 0 aromatic heterocycles. The molecular weight excluding hydrogens is 211 g/mol. The van der Waals surface area contributed by atoms with Crippen molar-refractivity contribution in [2.75, 3.05) is 0 Å². The van der Waals surface area contributed by atoms with Crippen molar-refractivity contribution in [2.45, 2.75) is 13.3 Å². The largest absolute Gasteiger partial charge is 0.488 e. The van der Waals surface area contributed by atoms with Crippen LogP contribution >= 0.6 is 0 Å². The number of rotatable bonds is 3. The van der Waals surface area contributed by atoms with Gasteiger partial charge in [0.05, 0.1) is 0 Å². The Kier molecular flexibility index (Phi) is 3.62. The monoisotopic (exact) mass is 226 g/mol. The van der Waals surface area contributed by atoms with E-state index in [4.69, 9.17) is 0 Å². The Balaban J connectivity index is 2.34. The van der Waals surface area contributed by atoms with E-state index in [9.17, 15) is 10.0 Å². The van der Waals surface area contributed by atoms with E-state index >= 15 is 0 Å². The van der Waals surface area contributed by atoms with E-state index < -0.39 is 7.12 Å². The fourth-order valence-corrected chi connectivity index (χ4v) is 1.96. The number of aryl methyl sites for hydroxylation is 1. The number of hydrogen-bond donors (Lipinski definition) is 2. The number of hydrogen-bond acceptors (Lipinski definition) is 2. The lowest BCUT2D eigenvalue weighted by Gasteiger charge is -2.10. The summed E-state index contributed by atoms with van der Waals surface area (Å²) in [5, 5.41) is 18.6. The average molecular weight is 226 g/mol. The quantitative estimate of drug-likeness (QED) is 0.773. The van der Waals surface area contributed by atoms with E-state index in [2.05, 4.69) is 19.1 Å². The molecule has 0 heterocycles. The third-order valence-electron chi connectivity index (χ3n) is 2.98. The Bertz CT molecular complexity index is 509. The summed E-state index contributed by atoms with van der Waals surface area (Å²) in [6, 6.07) is 15.5. The van der Waals surface area contributed by atoms with E-state index in [1.54, 1.807) is 6.07 Å². The second-order valence-electron chi connectivity index (χ2n) is 4.18. The molecule has 3 heteroatoms. The highest BCUT2D eigenvalue weighted by atomic mass is 16.4. The highest BCUT2D eigenvalue weighted by Crippen LogP contribution is 2.12. The van der Waals surface area contributed by atoms with Crippen LogP contribution in [-0.2, 0) is 6.42 Å². The molecule has 2 nitrogen and oxygen atoms in total. The lowest BCUT2D eigenvalue weighted by atomic mass is 9.75. The third kappa shape index (κ3) is 2.76.